The standard InChI is InChI=1S/C15H25N5O/c1-3-6-16-13-18-14(20-15(19-13)21-2)17-9-12-8-10-4-5-11(12)7-10/h10-12H,3-9H2,1-2H3,(H2,16,17,18,19,20). The summed E-state index contributed by atoms with van der Waals surface area (Å²) < 4.78 is 5.15. The maximum absolute atomic E-state index is 5.15. The lowest BCUT2D eigenvalue weighted by Crippen LogP contribution is -2.21. The second-order valence-electron chi connectivity index (χ2n) is 6.21. The maximum atomic E-state index is 5.15. The summed E-state index contributed by atoms with van der Waals surface area (Å²) in [6, 6.07) is 0.360. The van der Waals surface area contributed by atoms with Gasteiger partial charge in [0.25, 0.3) is 0 Å². The van der Waals surface area contributed by atoms with Crippen LogP contribution in [0.4, 0.5) is 11.9 Å². The summed E-state index contributed by atoms with van der Waals surface area (Å²) in [7, 11) is 1.58. The average Bonchev–Trinajstić information content (AvgIpc) is 3.13. The molecule has 1 aromatic rings. The lowest BCUT2D eigenvalue weighted by atomic mass is 9.89. The van der Waals surface area contributed by atoms with Crippen molar-refractivity contribution in [3.05, 3.63) is 0 Å². The van der Waals surface area contributed by atoms with Crippen LogP contribution < -0.4 is 15.4 Å². The number of anilines is 2. The molecule has 2 aliphatic rings. The number of methoxy groups -OCH3 is 1. The molecule has 3 unspecified atom stereocenters. The Morgan fingerprint density at radius 1 is 1.10 bits per heavy atom. The van der Waals surface area contributed by atoms with Gasteiger partial charge in [0.15, 0.2) is 0 Å². The van der Waals surface area contributed by atoms with Gasteiger partial charge >= 0.3 is 6.01 Å². The fourth-order valence-corrected chi connectivity index (χ4v) is 3.69. The molecule has 2 bridgehead atoms. The largest absolute Gasteiger partial charge is 0.467 e. The molecule has 0 aliphatic heterocycles. The Balaban J connectivity index is 1.61. The zero-order valence-corrected chi connectivity index (χ0v) is 12.9. The van der Waals surface area contributed by atoms with Crippen molar-refractivity contribution in [3.63, 3.8) is 0 Å². The Morgan fingerprint density at radius 3 is 2.52 bits per heavy atom. The fourth-order valence-electron chi connectivity index (χ4n) is 3.69. The van der Waals surface area contributed by atoms with Crippen molar-refractivity contribution in [2.45, 2.75) is 39.0 Å². The minimum atomic E-state index is 0.360. The Hall–Kier alpha value is -1.59. The molecule has 0 aromatic carbocycles. The molecule has 0 spiro atoms. The van der Waals surface area contributed by atoms with Crippen LogP contribution in [0.3, 0.4) is 0 Å². The number of aromatic nitrogens is 3. The first-order valence-corrected chi connectivity index (χ1v) is 8.06. The van der Waals surface area contributed by atoms with Crippen LogP contribution >= 0.6 is 0 Å². The van der Waals surface area contributed by atoms with E-state index in [9.17, 15) is 0 Å². The highest BCUT2D eigenvalue weighted by atomic mass is 16.5. The summed E-state index contributed by atoms with van der Waals surface area (Å²) in [6.45, 7) is 3.92. The quantitative estimate of drug-likeness (QED) is 0.804. The van der Waals surface area contributed by atoms with Gasteiger partial charge in [-0.05, 0) is 43.4 Å². The highest BCUT2D eigenvalue weighted by Crippen LogP contribution is 2.48. The highest BCUT2D eigenvalue weighted by molar-refractivity contribution is 5.35. The smallest absolute Gasteiger partial charge is 0.322 e. The molecule has 3 rings (SSSR count). The minimum Gasteiger partial charge on any atom is -0.467 e. The summed E-state index contributed by atoms with van der Waals surface area (Å²) in [5.74, 6) is 3.85. The number of nitrogens with one attached hydrogen (secondary N) is 2. The van der Waals surface area contributed by atoms with Crippen molar-refractivity contribution < 1.29 is 4.74 Å². The summed E-state index contributed by atoms with van der Waals surface area (Å²) in [5.41, 5.74) is 0. The number of hydrogen-bond acceptors (Lipinski definition) is 6. The van der Waals surface area contributed by atoms with E-state index in [1.54, 1.807) is 7.11 Å². The van der Waals surface area contributed by atoms with Gasteiger partial charge in [0.05, 0.1) is 7.11 Å². The predicted octanol–water partition coefficient (Wildman–Crippen LogP) is 2.55. The molecule has 0 amide bonds. The minimum absolute atomic E-state index is 0.360. The lowest BCUT2D eigenvalue weighted by Gasteiger charge is -2.21. The van der Waals surface area contributed by atoms with Gasteiger partial charge in [0.1, 0.15) is 0 Å². The Kier molecular flexibility index (Phi) is 4.41. The van der Waals surface area contributed by atoms with Crippen molar-refractivity contribution in [2.75, 3.05) is 30.8 Å². The van der Waals surface area contributed by atoms with Crippen LogP contribution in [-0.4, -0.2) is 35.2 Å². The van der Waals surface area contributed by atoms with Crippen molar-refractivity contribution in [1.82, 2.24) is 15.0 Å². The molecule has 116 valence electrons. The first kappa shape index (κ1) is 14.4. The first-order chi connectivity index (χ1) is 10.3. The molecular formula is C15H25N5O. The number of hydrogen-bond donors (Lipinski definition) is 2. The van der Waals surface area contributed by atoms with E-state index in [2.05, 4.69) is 32.5 Å². The van der Waals surface area contributed by atoms with Crippen LogP contribution in [0.15, 0.2) is 0 Å². The summed E-state index contributed by atoms with van der Waals surface area (Å²) in [5, 5.41) is 6.56. The van der Waals surface area contributed by atoms with Crippen LogP contribution in [0.25, 0.3) is 0 Å². The molecule has 2 aliphatic carbocycles. The van der Waals surface area contributed by atoms with E-state index in [0.717, 1.165) is 37.3 Å². The molecule has 2 N–H and O–H groups in total. The van der Waals surface area contributed by atoms with Gasteiger partial charge in [-0.2, -0.15) is 15.0 Å². The number of ether oxygens (including phenoxy) is 1. The van der Waals surface area contributed by atoms with Gasteiger partial charge < -0.3 is 15.4 Å². The van der Waals surface area contributed by atoms with Crippen LogP contribution in [0.1, 0.15) is 39.0 Å². The number of rotatable bonds is 7. The van der Waals surface area contributed by atoms with E-state index in [1.807, 2.05) is 0 Å². The molecule has 3 atom stereocenters. The van der Waals surface area contributed by atoms with Crippen LogP contribution in [0.5, 0.6) is 6.01 Å². The van der Waals surface area contributed by atoms with Gasteiger partial charge in [0.2, 0.25) is 11.9 Å². The maximum Gasteiger partial charge on any atom is 0.322 e. The molecule has 2 fully saturated rings. The highest BCUT2D eigenvalue weighted by Gasteiger charge is 2.39. The van der Waals surface area contributed by atoms with E-state index < -0.39 is 0 Å². The molecular weight excluding hydrogens is 266 g/mol. The van der Waals surface area contributed by atoms with Crippen molar-refractivity contribution in [1.29, 1.82) is 0 Å². The molecule has 1 heterocycles. The SMILES string of the molecule is CCCNc1nc(NCC2CC3CCC2C3)nc(OC)n1. The van der Waals surface area contributed by atoms with Gasteiger partial charge in [-0.15, -0.1) is 0 Å². The fraction of sp³-hybridized carbons (Fsp3) is 0.800. The summed E-state index contributed by atoms with van der Waals surface area (Å²) >= 11 is 0. The van der Waals surface area contributed by atoms with E-state index in [4.69, 9.17) is 4.74 Å². The van der Waals surface area contributed by atoms with Gasteiger partial charge in [-0.1, -0.05) is 13.3 Å². The predicted molar refractivity (Wildman–Crippen MR) is 82.6 cm³/mol. The zero-order valence-electron chi connectivity index (χ0n) is 12.9. The van der Waals surface area contributed by atoms with Gasteiger partial charge in [0, 0.05) is 13.1 Å². The summed E-state index contributed by atoms with van der Waals surface area (Å²) in [6.07, 6.45) is 6.66. The van der Waals surface area contributed by atoms with Crippen molar-refractivity contribution >= 4 is 11.9 Å². The van der Waals surface area contributed by atoms with Crippen molar-refractivity contribution in [3.8, 4) is 6.01 Å². The van der Waals surface area contributed by atoms with E-state index >= 15 is 0 Å². The molecule has 21 heavy (non-hydrogen) atoms. The zero-order chi connectivity index (χ0) is 14.7. The topological polar surface area (TPSA) is 72.0 Å². The normalized spacial score (nSPS) is 26.9. The molecule has 1 aromatic heterocycles. The first-order valence-electron chi connectivity index (χ1n) is 8.06. The number of nitrogens with zero attached hydrogens (tertiary/aromatic N) is 3. The molecule has 6 heteroatoms. The average molecular weight is 291 g/mol. The third-order valence-corrected chi connectivity index (χ3v) is 4.74. The Bertz CT molecular complexity index is 481. The molecule has 2 saturated carbocycles. The third kappa shape index (κ3) is 3.36. The molecule has 0 radical (unpaired) electrons. The van der Waals surface area contributed by atoms with Crippen LogP contribution in [0, 0.1) is 17.8 Å². The molecule has 6 nitrogen and oxygen atoms in total. The van der Waals surface area contributed by atoms with E-state index in [1.165, 1.54) is 25.7 Å². The molecule has 0 saturated heterocycles. The van der Waals surface area contributed by atoms with Crippen molar-refractivity contribution in [2.24, 2.45) is 17.8 Å². The van der Waals surface area contributed by atoms with E-state index in [-0.39, 0.29) is 0 Å². The summed E-state index contributed by atoms with van der Waals surface area (Å²) in [4.78, 5) is 12.9. The van der Waals surface area contributed by atoms with Gasteiger partial charge in [-0.25, -0.2) is 0 Å². The lowest BCUT2D eigenvalue weighted by molar-refractivity contribution is 0.347. The van der Waals surface area contributed by atoms with Gasteiger partial charge in [-0.3, -0.25) is 0 Å². The van der Waals surface area contributed by atoms with Crippen LogP contribution in [-0.2, 0) is 0 Å². The van der Waals surface area contributed by atoms with Crippen LogP contribution in [0.2, 0.25) is 0 Å². The number of fused-ring (bicyclic) bond motifs is 2. The Morgan fingerprint density at radius 2 is 1.90 bits per heavy atom. The monoisotopic (exact) mass is 291 g/mol. The third-order valence-electron chi connectivity index (χ3n) is 4.74. The van der Waals surface area contributed by atoms with E-state index in [0.29, 0.717) is 17.9 Å². The second-order valence-corrected chi connectivity index (χ2v) is 6.21. The Labute approximate surface area is 126 Å². The second kappa shape index (κ2) is 6.45.